The predicted octanol–water partition coefficient (Wildman–Crippen LogP) is 4.32. The molecule has 0 unspecified atom stereocenters. The van der Waals surface area contributed by atoms with Gasteiger partial charge in [0, 0.05) is 12.8 Å². The first-order valence-corrected chi connectivity index (χ1v) is 10.4. The average Bonchev–Trinajstić information content (AvgIpc) is 2.57. The Morgan fingerprint density at radius 2 is 1.39 bits per heavy atom. The molecule has 2 heterocycles. The van der Waals surface area contributed by atoms with Gasteiger partial charge < -0.3 is 0 Å². The van der Waals surface area contributed by atoms with E-state index in [-0.39, 0.29) is 0 Å². The minimum absolute atomic E-state index is 1.24. The highest BCUT2D eigenvalue weighted by atomic mass is 15.4. The molecule has 0 saturated carbocycles. The lowest BCUT2D eigenvalue weighted by Crippen LogP contribution is -2.57. The van der Waals surface area contributed by atoms with Crippen molar-refractivity contribution >= 4 is 5.96 Å². The van der Waals surface area contributed by atoms with Crippen LogP contribution in [0.2, 0.25) is 0 Å². The highest BCUT2D eigenvalue weighted by molar-refractivity contribution is 5.76. The molecule has 134 valence electrons. The quantitative estimate of drug-likeness (QED) is 0.414. The van der Waals surface area contributed by atoms with E-state index in [2.05, 4.69) is 28.3 Å². The average molecular weight is 323 g/mol. The van der Waals surface area contributed by atoms with Crippen molar-refractivity contribution in [2.24, 2.45) is 0 Å². The summed E-state index contributed by atoms with van der Waals surface area (Å²) < 4.78 is 2.49. The Hall–Kier alpha value is -0.730. The number of guanidine groups is 1. The van der Waals surface area contributed by atoms with Crippen molar-refractivity contribution in [3.63, 3.8) is 0 Å². The number of hydrogen-bond donors (Lipinski definition) is 0. The third-order valence-electron chi connectivity index (χ3n) is 5.47. The molecule has 2 rings (SSSR count). The van der Waals surface area contributed by atoms with Crippen LogP contribution in [-0.4, -0.2) is 60.1 Å². The highest BCUT2D eigenvalue weighted by Crippen LogP contribution is 2.15. The molecule has 0 spiro atoms. The fourth-order valence-corrected chi connectivity index (χ4v) is 4.15. The van der Waals surface area contributed by atoms with E-state index in [0.717, 1.165) is 0 Å². The second-order valence-corrected chi connectivity index (χ2v) is 7.58. The van der Waals surface area contributed by atoms with Gasteiger partial charge in [-0.1, -0.05) is 64.7 Å². The molecule has 0 aromatic heterocycles. The van der Waals surface area contributed by atoms with Gasteiger partial charge in [0.25, 0.3) is 0 Å². The zero-order chi connectivity index (χ0) is 16.3. The Balaban J connectivity index is 1.54. The van der Waals surface area contributed by atoms with Crippen molar-refractivity contribution in [3.05, 3.63) is 0 Å². The zero-order valence-corrected chi connectivity index (χ0v) is 15.9. The maximum Gasteiger partial charge on any atom is 0.350 e. The second-order valence-electron chi connectivity index (χ2n) is 7.58. The van der Waals surface area contributed by atoms with Crippen LogP contribution in [0.25, 0.3) is 0 Å². The monoisotopic (exact) mass is 322 g/mol. The Kier molecular flexibility index (Phi) is 8.85. The molecule has 0 atom stereocenters. The van der Waals surface area contributed by atoms with Crippen LogP contribution >= 0.6 is 0 Å². The van der Waals surface area contributed by atoms with E-state index in [0.29, 0.717) is 0 Å². The highest BCUT2D eigenvalue weighted by Gasteiger charge is 2.33. The summed E-state index contributed by atoms with van der Waals surface area (Å²) in [6, 6.07) is 0. The summed E-state index contributed by atoms with van der Waals surface area (Å²) in [5.74, 6) is 1.53. The van der Waals surface area contributed by atoms with Gasteiger partial charge in [0.05, 0.1) is 39.8 Å². The third kappa shape index (κ3) is 6.35. The summed E-state index contributed by atoms with van der Waals surface area (Å²) in [6.07, 6.45) is 17.0. The topological polar surface area (TPSA) is 9.49 Å². The van der Waals surface area contributed by atoms with Gasteiger partial charge in [0.15, 0.2) is 0 Å². The van der Waals surface area contributed by atoms with Crippen molar-refractivity contribution in [2.75, 3.05) is 39.8 Å². The Morgan fingerprint density at radius 1 is 0.783 bits per heavy atom. The van der Waals surface area contributed by atoms with Crippen LogP contribution in [0.4, 0.5) is 0 Å². The molecule has 0 aromatic rings. The standard InChI is InChI=1S/C20H40N3/c1-3-4-5-6-7-8-9-10-11-12-16-22-18-14-19-23-17-13-15-21(2)20(22)23/h3-19H2,1-2H3/q+1. The minimum atomic E-state index is 1.24. The van der Waals surface area contributed by atoms with Crippen molar-refractivity contribution in [3.8, 4) is 0 Å². The van der Waals surface area contributed by atoms with Crippen molar-refractivity contribution in [2.45, 2.75) is 84.0 Å². The SMILES string of the molecule is CCCCCCCCCCCCN1CCCN2CCC[N+](C)=C12. The molecule has 0 amide bonds. The van der Waals surface area contributed by atoms with E-state index >= 15 is 0 Å². The van der Waals surface area contributed by atoms with Gasteiger partial charge in [-0.05, 0) is 6.42 Å². The second kappa shape index (κ2) is 10.9. The van der Waals surface area contributed by atoms with Crippen molar-refractivity contribution in [1.82, 2.24) is 9.80 Å². The molecule has 0 bridgehead atoms. The van der Waals surface area contributed by atoms with Crippen LogP contribution in [0, 0.1) is 0 Å². The summed E-state index contributed by atoms with van der Waals surface area (Å²) >= 11 is 0. The normalized spacial score (nSPS) is 18.5. The molecule has 23 heavy (non-hydrogen) atoms. The van der Waals surface area contributed by atoms with E-state index < -0.39 is 0 Å². The molecule has 0 radical (unpaired) electrons. The predicted molar refractivity (Wildman–Crippen MR) is 100 cm³/mol. The zero-order valence-electron chi connectivity index (χ0n) is 15.9. The van der Waals surface area contributed by atoms with Gasteiger partial charge in [-0.2, -0.15) is 0 Å². The van der Waals surface area contributed by atoms with Crippen molar-refractivity contribution in [1.29, 1.82) is 0 Å². The Bertz CT molecular complexity index is 351. The van der Waals surface area contributed by atoms with Crippen LogP contribution in [-0.2, 0) is 0 Å². The number of unbranched alkanes of at least 4 members (excludes halogenated alkanes) is 9. The van der Waals surface area contributed by atoms with Crippen LogP contribution in [0.5, 0.6) is 0 Å². The third-order valence-corrected chi connectivity index (χ3v) is 5.47. The van der Waals surface area contributed by atoms with Gasteiger partial charge >= 0.3 is 5.96 Å². The van der Waals surface area contributed by atoms with Gasteiger partial charge in [0.1, 0.15) is 0 Å². The minimum Gasteiger partial charge on any atom is -0.267 e. The van der Waals surface area contributed by atoms with Crippen LogP contribution in [0.3, 0.4) is 0 Å². The Morgan fingerprint density at radius 3 is 2.09 bits per heavy atom. The molecule has 3 nitrogen and oxygen atoms in total. The largest absolute Gasteiger partial charge is 0.350 e. The summed E-state index contributed by atoms with van der Waals surface area (Å²) in [5.41, 5.74) is 0. The lowest BCUT2D eigenvalue weighted by Gasteiger charge is -2.36. The molecule has 1 fully saturated rings. The summed E-state index contributed by atoms with van der Waals surface area (Å²) in [6.45, 7) is 8.62. The maximum absolute atomic E-state index is 2.66. The van der Waals surface area contributed by atoms with Crippen LogP contribution in [0.15, 0.2) is 0 Å². The van der Waals surface area contributed by atoms with E-state index in [1.54, 1.807) is 0 Å². The number of nitrogens with zero attached hydrogens (tertiary/aromatic N) is 3. The molecular formula is C20H40N3+. The van der Waals surface area contributed by atoms with Crippen LogP contribution in [0.1, 0.15) is 84.0 Å². The molecule has 0 aliphatic carbocycles. The van der Waals surface area contributed by atoms with Gasteiger partial charge in [-0.15, -0.1) is 0 Å². The molecule has 3 heteroatoms. The summed E-state index contributed by atoms with van der Waals surface area (Å²) in [5, 5.41) is 0. The lowest BCUT2D eigenvalue weighted by atomic mass is 10.1. The van der Waals surface area contributed by atoms with Crippen LogP contribution < -0.4 is 0 Å². The lowest BCUT2D eigenvalue weighted by molar-refractivity contribution is -0.515. The first kappa shape index (κ1) is 18.6. The van der Waals surface area contributed by atoms with E-state index in [1.165, 1.54) is 116 Å². The van der Waals surface area contributed by atoms with Gasteiger partial charge in [0.2, 0.25) is 0 Å². The molecule has 1 saturated heterocycles. The van der Waals surface area contributed by atoms with E-state index in [4.69, 9.17) is 0 Å². The fourth-order valence-electron chi connectivity index (χ4n) is 4.15. The fraction of sp³-hybridized carbons (Fsp3) is 0.950. The number of fused-ring (bicyclic) bond motifs is 1. The molecule has 2 aliphatic heterocycles. The summed E-state index contributed by atoms with van der Waals surface area (Å²) in [7, 11) is 2.28. The van der Waals surface area contributed by atoms with Gasteiger partial charge in [-0.25, -0.2) is 0 Å². The Labute approximate surface area is 144 Å². The first-order chi connectivity index (χ1) is 11.3. The van der Waals surface area contributed by atoms with E-state index in [9.17, 15) is 0 Å². The number of rotatable bonds is 11. The smallest absolute Gasteiger partial charge is 0.267 e. The van der Waals surface area contributed by atoms with Gasteiger partial charge in [-0.3, -0.25) is 14.4 Å². The molecular weight excluding hydrogens is 282 g/mol. The first-order valence-electron chi connectivity index (χ1n) is 10.4. The van der Waals surface area contributed by atoms with Crippen molar-refractivity contribution < 1.29 is 4.58 Å². The molecule has 2 aliphatic rings. The molecule has 0 N–H and O–H groups in total. The maximum atomic E-state index is 2.66. The number of hydrogen-bond acceptors (Lipinski definition) is 2. The summed E-state index contributed by atoms with van der Waals surface area (Å²) in [4.78, 5) is 5.27. The van der Waals surface area contributed by atoms with E-state index in [1.807, 2.05) is 0 Å². The molecule has 0 aromatic carbocycles.